The molecule has 2 aliphatic carbocycles. The SMILES string of the molecule is NS(=O)(=O)c1ccc(CCNC(=O)C[C@H]2C[C@H]3CC[C@H]2C3)cc1. The van der Waals surface area contributed by atoms with E-state index in [4.69, 9.17) is 5.14 Å². The maximum atomic E-state index is 12.0. The third-order valence-electron chi connectivity index (χ3n) is 5.32. The van der Waals surface area contributed by atoms with Crippen LogP contribution in [0.3, 0.4) is 0 Å². The maximum absolute atomic E-state index is 12.0. The normalized spacial score (nSPS) is 26.4. The van der Waals surface area contributed by atoms with E-state index >= 15 is 0 Å². The molecular weight excluding hydrogens is 312 g/mol. The summed E-state index contributed by atoms with van der Waals surface area (Å²) < 4.78 is 22.4. The molecule has 5 nitrogen and oxygen atoms in total. The molecule has 0 unspecified atom stereocenters. The zero-order valence-electron chi connectivity index (χ0n) is 13.2. The zero-order valence-corrected chi connectivity index (χ0v) is 14.0. The predicted octanol–water partition coefficient (Wildman–Crippen LogP) is 1.82. The number of hydrogen-bond donors (Lipinski definition) is 2. The van der Waals surface area contributed by atoms with Gasteiger partial charge in [-0.15, -0.1) is 0 Å². The number of nitrogens with two attached hydrogens (primary N) is 1. The van der Waals surface area contributed by atoms with Gasteiger partial charge in [-0.3, -0.25) is 4.79 Å². The third-order valence-corrected chi connectivity index (χ3v) is 6.25. The molecule has 126 valence electrons. The molecule has 23 heavy (non-hydrogen) atoms. The Hall–Kier alpha value is -1.40. The molecule has 2 saturated carbocycles. The Kier molecular flexibility index (Phi) is 4.73. The topological polar surface area (TPSA) is 89.3 Å². The summed E-state index contributed by atoms with van der Waals surface area (Å²) in [7, 11) is -3.64. The van der Waals surface area contributed by atoms with E-state index < -0.39 is 10.0 Å². The van der Waals surface area contributed by atoms with Crippen LogP contribution in [0.5, 0.6) is 0 Å². The molecule has 2 bridgehead atoms. The zero-order chi connectivity index (χ0) is 16.4. The number of carbonyl (C=O) groups is 1. The highest BCUT2D eigenvalue weighted by Gasteiger charge is 2.39. The number of nitrogens with one attached hydrogen (secondary N) is 1. The Morgan fingerprint density at radius 2 is 1.91 bits per heavy atom. The highest BCUT2D eigenvalue weighted by atomic mass is 32.2. The smallest absolute Gasteiger partial charge is 0.238 e. The molecule has 0 saturated heterocycles. The Bertz CT molecular complexity index is 670. The van der Waals surface area contributed by atoms with Gasteiger partial charge in [-0.25, -0.2) is 13.6 Å². The minimum absolute atomic E-state index is 0.113. The van der Waals surface area contributed by atoms with Gasteiger partial charge in [0.1, 0.15) is 0 Å². The van der Waals surface area contributed by atoms with Crippen LogP contribution < -0.4 is 10.5 Å². The minimum atomic E-state index is -3.64. The maximum Gasteiger partial charge on any atom is 0.238 e. The molecule has 1 amide bonds. The lowest BCUT2D eigenvalue weighted by atomic mass is 9.86. The van der Waals surface area contributed by atoms with Crippen LogP contribution in [0.2, 0.25) is 0 Å². The minimum Gasteiger partial charge on any atom is -0.356 e. The molecule has 0 aliphatic heterocycles. The fraction of sp³-hybridized carbons (Fsp3) is 0.588. The number of carbonyl (C=O) groups excluding carboxylic acids is 1. The van der Waals surface area contributed by atoms with Crippen molar-refractivity contribution in [3.63, 3.8) is 0 Å². The number of hydrogen-bond acceptors (Lipinski definition) is 3. The summed E-state index contributed by atoms with van der Waals surface area (Å²) in [5.41, 5.74) is 0.984. The van der Waals surface area contributed by atoms with Crippen molar-refractivity contribution in [2.45, 2.75) is 43.4 Å². The van der Waals surface area contributed by atoms with Crippen molar-refractivity contribution in [3.05, 3.63) is 29.8 Å². The molecular formula is C17H24N2O3S. The Morgan fingerprint density at radius 3 is 2.48 bits per heavy atom. The molecule has 0 spiro atoms. The summed E-state index contributed by atoms with van der Waals surface area (Å²) in [4.78, 5) is 12.2. The lowest BCUT2D eigenvalue weighted by molar-refractivity contribution is -0.122. The first-order chi connectivity index (χ1) is 10.9. The molecule has 0 aromatic heterocycles. The van der Waals surface area contributed by atoms with E-state index in [9.17, 15) is 13.2 Å². The molecule has 3 N–H and O–H groups in total. The average molecular weight is 336 g/mol. The van der Waals surface area contributed by atoms with Gasteiger partial charge in [-0.2, -0.15) is 0 Å². The van der Waals surface area contributed by atoms with Gasteiger partial charge < -0.3 is 5.32 Å². The van der Waals surface area contributed by atoms with Gasteiger partial charge in [0.15, 0.2) is 0 Å². The number of sulfonamides is 1. The van der Waals surface area contributed by atoms with Crippen molar-refractivity contribution < 1.29 is 13.2 Å². The monoisotopic (exact) mass is 336 g/mol. The van der Waals surface area contributed by atoms with Crippen LogP contribution in [0.4, 0.5) is 0 Å². The number of rotatable bonds is 6. The van der Waals surface area contributed by atoms with E-state index in [0.717, 1.165) is 17.4 Å². The molecule has 3 rings (SSSR count). The molecule has 1 aromatic rings. The van der Waals surface area contributed by atoms with Crippen LogP contribution in [0.1, 0.15) is 37.7 Å². The van der Waals surface area contributed by atoms with E-state index in [1.54, 1.807) is 12.1 Å². The second-order valence-corrected chi connectivity index (χ2v) is 8.49. The molecule has 0 radical (unpaired) electrons. The molecule has 6 heteroatoms. The van der Waals surface area contributed by atoms with Crippen LogP contribution in [-0.4, -0.2) is 20.9 Å². The van der Waals surface area contributed by atoms with Gasteiger partial charge in [-0.05, 0) is 61.1 Å². The summed E-state index contributed by atoms with van der Waals surface area (Å²) in [6.45, 7) is 0.578. The molecule has 3 atom stereocenters. The largest absolute Gasteiger partial charge is 0.356 e. The number of amides is 1. The Morgan fingerprint density at radius 1 is 1.17 bits per heavy atom. The standard InChI is InChI=1S/C17H24N2O3S/c18-23(21,22)16-5-2-12(3-6-16)7-8-19-17(20)11-15-10-13-1-4-14(15)9-13/h2-3,5-6,13-15H,1,4,7-11H2,(H,19,20)(H2,18,21,22)/t13-,14-,15+/m0/s1. The van der Waals surface area contributed by atoms with Gasteiger partial charge in [0.05, 0.1) is 4.90 Å². The van der Waals surface area contributed by atoms with E-state index in [1.807, 2.05) is 0 Å². The van der Waals surface area contributed by atoms with Crippen LogP contribution >= 0.6 is 0 Å². The van der Waals surface area contributed by atoms with Crippen molar-refractivity contribution in [1.29, 1.82) is 0 Å². The van der Waals surface area contributed by atoms with Gasteiger partial charge in [-0.1, -0.05) is 18.6 Å². The third kappa shape index (κ3) is 4.12. The fourth-order valence-electron chi connectivity index (χ4n) is 4.13. The Labute approximate surface area is 137 Å². The van der Waals surface area contributed by atoms with E-state index in [2.05, 4.69) is 5.32 Å². The van der Waals surface area contributed by atoms with Crippen LogP contribution in [0, 0.1) is 17.8 Å². The summed E-state index contributed by atoms with van der Waals surface area (Å²) in [6.07, 6.45) is 6.57. The van der Waals surface area contributed by atoms with Crippen molar-refractivity contribution in [2.24, 2.45) is 22.9 Å². The summed E-state index contributed by atoms with van der Waals surface area (Å²) in [5.74, 6) is 2.37. The second-order valence-electron chi connectivity index (χ2n) is 6.93. The molecule has 2 fully saturated rings. The van der Waals surface area contributed by atoms with Gasteiger partial charge in [0.25, 0.3) is 0 Å². The van der Waals surface area contributed by atoms with Crippen LogP contribution in [0.15, 0.2) is 29.2 Å². The first-order valence-electron chi connectivity index (χ1n) is 8.30. The number of benzene rings is 1. The van der Waals surface area contributed by atoms with Gasteiger partial charge >= 0.3 is 0 Å². The molecule has 0 heterocycles. The van der Waals surface area contributed by atoms with Gasteiger partial charge in [0, 0.05) is 13.0 Å². The van der Waals surface area contributed by atoms with Gasteiger partial charge in [0.2, 0.25) is 15.9 Å². The lowest BCUT2D eigenvalue weighted by Crippen LogP contribution is -2.29. The predicted molar refractivity (Wildman–Crippen MR) is 88.1 cm³/mol. The van der Waals surface area contributed by atoms with Crippen molar-refractivity contribution in [2.75, 3.05) is 6.54 Å². The van der Waals surface area contributed by atoms with E-state index in [1.165, 1.54) is 37.8 Å². The van der Waals surface area contributed by atoms with Crippen LogP contribution in [-0.2, 0) is 21.2 Å². The highest BCUT2D eigenvalue weighted by Crippen LogP contribution is 2.49. The van der Waals surface area contributed by atoms with Crippen molar-refractivity contribution in [3.8, 4) is 0 Å². The lowest BCUT2D eigenvalue weighted by Gasteiger charge is -2.20. The molecule has 2 aliphatic rings. The first kappa shape index (κ1) is 16.5. The quantitative estimate of drug-likeness (QED) is 0.830. The van der Waals surface area contributed by atoms with E-state index in [-0.39, 0.29) is 10.8 Å². The van der Waals surface area contributed by atoms with E-state index in [0.29, 0.717) is 25.3 Å². The second kappa shape index (κ2) is 6.61. The molecule has 1 aromatic carbocycles. The first-order valence-corrected chi connectivity index (χ1v) is 9.85. The summed E-state index contributed by atoms with van der Waals surface area (Å²) >= 11 is 0. The highest BCUT2D eigenvalue weighted by molar-refractivity contribution is 7.89. The number of fused-ring (bicyclic) bond motifs is 2. The van der Waals surface area contributed by atoms with Crippen molar-refractivity contribution >= 4 is 15.9 Å². The fourth-order valence-corrected chi connectivity index (χ4v) is 4.64. The summed E-state index contributed by atoms with van der Waals surface area (Å²) in [5, 5.41) is 8.05. The van der Waals surface area contributed by atoms with Crippen molar-refractivity contribution in [1.82, 2.24) is 5.32 Å². The summed E-state index contributed by atoms with van der Waals surface area (Å²) in [6, 6.07) is 6.48. The number of primary sulfonamides is 1. The average Bonchev–Trinajstić information content (AvgIpc) is 3.09. The van der Waals surface area contributed by atoms with Crippen LogP contribution in [0.25, 0.3) is 0 Å². The Balaban J connectivity index is 1.41.